The zero-order valence-electron chi connectivity index (χ0n) is 11.4. The first-order valence-electron chi connectivity index (χ1n) is 6.39. The topological polar surface area (TPSA) is 59.0 Å². The monoisotopic (exact) mass is 304 g/mol. The quantitative estimate of drug-likeness (QED) is 0.934. The summed E-state index contributed by atoms with van der Waals surface area (Å²) in [6, 6.07) is 12.7. The average molecular weight is 305 g/mol. The van der Waals surface area contributed by atoms with Crippen molar-refractivity contribution in [2.45, 2.75) is 19.1 Å². The summed E-state index contributed by atoms with van der Waals surface area (Å²) >= 11 is 6.16. The van der Waals surface area contributed by atoms with Crippen LogP contribution in [0.4, 0.5) is 4.39 Å². The Morgan fingerprint density at radius 2 is 2.00 bits per heavy atom. The third-order valence-corrected chi connectivity index (χ3v) is 3.36. The summed E-state index contributed by atoms with van der Waals surface area (Å²) in [6.07, 6.45) is -0.508. The van der Waals surface area contributed by atoms with E-state index in [1.807, 2.05) is 18.2 Å². The minimum absolute atomic E-state index is 0.0301. The van der Waals surface area contributed by atoms with Crippen molar-refractivity contribution < 1.29 is 9.13 Å². The van der Waals surface area contributed by atoms with Gasteiger partial charge in [0.2, 0.25) is 0 Å². The largest absolute Gasteiger partial charge is 0.484 e. The van der Waals surface area contributed by atoms with Crippen LogP contribution in [-0.2, 0) is 0 Å². The van der Waals surface area contributed by atoms with Gasteiger partial charge < -0.3 is 10.5 Å². The Hall–Kier alpha value is -2.09. The van der Waals surface area contributed by atoms with E-state index in [1.165, 1.54) is 18.2 Å². The number of halogens is 2. The summed E-state index contributed by atoms with van der Waals surface area (Å²) in [5.41, 5.74) is 6.65. The van der Waals surface area contributed by atoms with Crippen LogP contribution in [0.25, 0.3) is 0 Å². The van der Waals surface area contributed by atoms with Crippen molar-refractivity contribution in [2.24, 2.45) is 5.73 Å². The van der Waals surface area contributed by atoms with Crippen LogP contribution >= 0.6 is 11.6 Å². The maximum Gasteiger partial charge on any atom is 0.144 e. The first-order valence-corrected chi connectivity index (χ1v) is 6.77. The summed E-state index contributed by atoms with van der Waals surface area (Å²) < 4.78 is 19.4. The number of hydrogen-bond donors (Lipinski definition) is 1. The Labute approximate surface area is 127 Å². The lowest BCUT2D eigenvalue weighted by molar-refractivity contribution is 0.180. The molecule has 108 valence electrons. The fourth-order valence-electron chi connectivity index (χ4n) is 1.97. The van der Waals surface area contributed by atoms with Crippen molar-refractivity contribution in [3.8, 4) is 11.8 Å². The molecule has 2 N–H and O–H groups in total. The van der Waals surface area contributed by atoms with Gasteiger partial charge in [-0.05, 0) is 25.1 Å². The molecule has 0 aliphatic heterocycles. The van der Waals surface area contributed by atoms with Gasteiger partial charge in [-0.15, -0.1) is 0 Å². The van der Waals surface area contributed by atoms with Crippen LogP contribution < -0.4 is 10.5 Å². The molecule has 0 saturated carbocycles. The third kappa shape index (κ3) is 3.52. The minimum Gasteiger partial charge on any atom is -0.484 e. The Bertz CT molecular complexity index is 682. The number of nitrogens with two attached hydrogens (primary N) is 1. The summed E-state index contributed by atoms with van der Waals surface area (Å²) in [4.78, 5) is 0. The lowest BCUT2D eigenvalue weighted by atomic mass is 10.0. The number of hydrogen-bond acceptors (Lipinski definition) is 3. The van der Waals surface area contributed by atoms with Gasteiger partial charge in [0, 0.05) is 22.7 Å². The van der Waals surface area contributed by atoms with E-state index in [-0.39, 0.29) is 11.6 Å². The molecule has 5 heteroatoms. The normalized spacial score (nSPS) is 13.3. The second-order valence-electron chi connectivity index (χ2n) is 4.67. The van der Waals surface area contributed by atoms with Gasteiger partial charge in [0.15, 0.2) is 0 Å². The van der Waals surface area contributed by atoms with Gasteiger partial charge in [-0.2, -0.15) is 5.26 Å². The predicted octanol–water partition coefficient (Wildman–Crippen LogP) is 3.82. The molecule has 0 amide bonds. The van der Waals surface area contributed by atoms with Gasteiger partial charge in [0.05, 0.1) is 5.56 Å². The fraction of sp³-hybridized carbons (Fsp3) is 0.188. The van der Waals surface area contributed by atoms with Crippen LogP contribution in [-0.4, -0.2) is 6.04 Å². The van der Waals surface area contributed by atoms with Gasteiger partial charge in [-0.1, -0.05) is 29.8 Å². The summed E-state index contributed by atoms with van der Waals surface area (Å²) in [5.74, 6) is -0.327. The first kappa shape index (κ1) is 15.3. The van der Waals surface area contributed by atoms with Crippen molar-refractivity contribution in [1.29, 1.82) is 5.26 Å². The fourth-order valence-corrected chi connectivity index (χ4v) is 2.21. The van der Waals surface area contributed by atoms with Gasteiger partial charge in [0.25, 0.3) is 0 Å². The van der Waals surface area contributed by atoms with Crippen LogP contribution in [0.15, 0.2) is 42.5 Å². The maximum absolute atomic E-state index is 13.6. The predicted molar refractivity (Wildman–Crippen MR) is 79.6 cm³/mol. The van der Waals surface area contributed by atoms with E-state index in [0.717, 1.165) is 5.56 Å². The van der Waals surface area contributed by atoms with Crippen molar-refractivity contribution in [2.75, 3.05) is 0 Å². The number of nitrogens with zero attached hydrogens (tertiary/aromatic N) is 1. The molecule has 0 aliphatic rings. The van der Waals surface area contributed by atoms with Crippen LogP contribution in [0.2, 0.25) is 5.02 Å². The molecule has 0 bridgehead atoms. The molecule has 0 heterocycles. The maximum atomic E-state index is 13.6. The van der Waals surface area contributed by atoms with E-state index in [2.05, 4.69) is 0 Å². The molecule has 2 rings (SSSR count). The number of ether oxygens (including phenoxy) is 1. The first-order chi connectivity index (χ1) is 10.0. The van der Waals surface area contributed by atoms with E-state index in [4.69, 9.17) is 27.3 Å². The summed E-state index contributed by atoms with van der Waals surface area (Å²) in [7, 11) is 0. The van der Waals surface area contributed by atoms with Crippen molar-refractivity contribution in [3.05, 3.63) is 64.4 Å². The third-order valence-electron chi connectivity index (χ3n) is 3.01. The van der Waals surface area contributed by atoms with E-state index in [0.29, 0.717) is 10.8 Å². The van der Waals surface area contributed by atoms with Gasteiger partial charge in [-0.25, -0.2) is 4.39 Å². The molecule has 0 spiro atoms. The molecule has 2 aromatic carbocycles. The molecule has 0 fully saturated rings. The lowest BCUT2D eigenvalue weighted by Crippen LogP contribution is -2.29. The van der Waals surface area contributed by atoms with Crippen molar-refractivity contribution >= 4 is 11.6 Å². The highest BCUT2D eigenvalue weighted by molar-refractivity contribution is 6.31. The minimum atomic E-state index is -0.627. The van der Waals surface area contributed by atoms with Gasteiger partial charge in [-0.3, -0.25) is 0 Å². The molecule has 2 unspecified atom stereocenters. The lowest BCUT2D eigenvalue weighted by Gasteiger charge is -2.24. The second kappa shape index (κ2) is 6.57. The van der Waals surface area contributed by atoms with Crippen molar-refractivity contribution in [3.63, 3.8) is 0 Å². The molecule has 2 atom stereocenters. The molecule has 2 aromatic rings. The zero-order chi connectivity index (χ0) is 15.4. The molecule has 21 heavy (non-hydrogen) atoms. The molecule has 0 saturated heterocycles. The van der Waals surface area contributed by atoms with E-state index < -0.39 is 11.9 Å². The van der Waals surface area contributed by atoms with E-state index >= 15 is 0 Å². The highest BCUT2D eigenvalue weighted by Crippen LogP contribution is 2.30. The van der Waals surface area contributed by atoms with E-state index in [1.54, 1.807) is 19.1 Å². The Morgan fingerprint density at radius 1 is 1.29 bits per heavy atom. The van der Waals surface area contributed by atoms with Crippen LogP contribution in [0.5, 0.6) is 5.75 Å². The molecule has 0 radical (unpaired) electrons. The molecule has 0 aliphatic carbocycles. The van der Waals surface area contributed by atoms with Crippen molar-refractivity contribution in [1.82, 2.24) is 0 Å². The highest BCUT2D eigenvalue weighted by Gasteiger charge is 2.21. The Kier molecular flexibility index (Phi) is 4.79. The molecular weight excluding hydrogens is 291 g/mol. The Balaban J connectivity index is 2.32. The summed E-state index contributed by atoms with van der Waals surface area (Å²) in [5, 5.41) is 9.26. The number of rotatable bonds is 4. The standard InChI is InChI=1S/C16H14ClFN2O/c1-10(20)16(13-4-2-3-5-14(13)17)21-12-7-6-11(9-19)15(18)8-12/h2-8,10,16H,20H2,1H3. The SMILES string of the molecule is CC(N)C(Oc1ccc(C#N)c(F)c1)c1ccccc1Cl. The van der Waals surface area contributed by atoms with Gasteiger partial charge >= 0.3 is 0 Å². The van der Waals surface area contributed by atoms with E-state index in [9.17, 15) is 4.39 Å². The highest BCUT2D eigenvalue weighted by atomic mass is 35.5. The summed E-state index contributed by atoms with van der Waals surface area (Å²) in [6.45, 7) is 1.79. The zero-order valence-corrected chi connectivity index (χ0v) is 12.1. The molecule has 0 aromatic heterocycles. The van der Waals surface area contributed by atoms with Crippen LogP contribution in [0.3, 0.4) is 0 Å². The number of benzene rings is 2. The Morgan fingerprint density at radius 3 is 2.57 bits per heavy atom. The number of nitriles is 1. The second-order valence-corrected chi connectivity index (χ2v) is 5.08. The smallest absolute Gasteiger partial charge is 0.144 e. The molecule has 3 nitrogen and oxygen atoms in total. The van der Waals surface area contributed by atoms with Crippen LogP contribution in [0.1, 0.15) is 24.2 Å². The average Bonchev–Trinajstić information content (AvgIpc) is 2.45. The van der Waals surface area contributed by atoms with Gasteiger partial charge in [0.1, 0.15) is 23.7 Å². The van der Waals surface area contributed by atoms with Crippen LogP contribution in [0, 0.1) is 17.1 Å². The molecular formula is C16H14ClFN2O.